The first-order valence-electron chi connectivity index (χ1n) is 10.4. The van der Waals surface area contributed by atoms with Crippen LogP contribution < -0.4 is 10.2 Å². The van der Waals surface area contributed by atoms with Gasteiger partial charge in [0.25, 0.3) is 5.91 Å². The maximum absolute atomic E-state index is 12.5. The summed E-state index contributed by atoms with van der Waals surface area (Å²) in [6, 6.07) is 25.2. The van der Waals surface area contributed by atoms with Crippen LogP contribution in [0.3, 0.4) is 0 Å². The molecule has 7 nitrogen and oxygen atoms in total. The smallest absolute Gasteiger partial charge is 0.250 e. The van der Waals surface area contributed by atoms with E-state index in [1.807, 2.05) is 90.4 Å². The van der Waals surface area contributed by atoms with E-state index in [0.29, 0.717) is 16.7 Å². The molecular weight excluding hydrogens is 514 g/mol. The molecule has 34 heavy (non-hydrogen) atoms. The Morgan fingerprint density at radius 1 is 1.06 bits per heavy atom. The molecule has 1 N–H and O–H groups in total. The van der Waals surface area contributed by atoms with E-state index in [-0.39, 0.29) is 11.7 Å². The Kier molecular flexibility index (Phi) is 7.76. The van der Waals surface area contributed by atoms with E-state index < -0.39 is 0 Å². The van der Waals surface area contributed by atoms with E-state index in [9.17, 15) is 4.79 Å². The van der Waals surface area contributed by atoms with Gasteiger partial charge in [-0.1, -0.05) is 58.0 Å². The number of carbonyl (C=O) groups excluding carboxylic acids is 1. The zero-order valence-corrected chi connectivity index (χ0v) is 21.0. The zero-order chi connectivity index (χ0) is 23.9. The highest BCUT2D eigenvalue weighted by molar-refractivity contribution is 9.10. The van der Waals surface area contributed by atoms with Crippen LogP contribution in [0.2, 0.25) is 0 Å². The van der Waals surface area contributed by atoms with Gasteiger partial charge in [-0.25, -0.2) is 5.43 Å². The van der Waals surface area contributed by atoms with Crippen molar-refractivity contribution in [1.29, 1.82) is 0 Å². The first kappa shape index (κ1) is 23.7. The second kappa shape index (κ2) is 11.1. The zero-order valence-electron chi connectivity index (χ0n) is 18.6. The van der Waals surface area contributed by atoms with E-state index in [2.05, 4.69) is 36.7 Å². The van der Waals surface area contributed by atoms with Crippen molar-refractivity contribution in [3.05, 3.63) is 88.9 Å². The van der Waals surface area contributed by atoms with Crippen LogP contribution in [-0.4, -0.2) is 39.2 Å². The normalized spacial score (nSPS) is 11.3. The number of ether oxygens (including phenoxy) is 1. The van der Waals surface area contributed by atoms with Gasteiger partial charge in [0, 0.05) is 15.7 Å². The number of hydrogen-bond donors (Lipinski definition) is 1. The fraction of sp³-hybridized carbons (Fsp3) is 0.120. The minimum Gasteiger partial charge on any atom is -0.497 e. The van der Waals surface area contributed by atoms with Gasteiger partial charge in [0.05, 0.1) is 18.6 Å². The van der Waals surface area contributed by atoms with Crippen LogP contribution in [0, 0.1) is 0 Å². The van der Waals surface area contributed by atoms with Gasteiger partial charge in [0.15, 0.2) is 11.0 Å². The fourth-order valence-electron chi connectivity index (χ4n) is 3.19. The third-order valence-corrected chi connectivity index (χ3v) is 6.34. The minimum absolute atomic E-state index is 0.142. The molecule has 0 fully saturated rings. The van der Waals surface area contributed by atoms with E-state index >= 15 is 0 Å². The van der Waals surface area contributed by atoms with Crippen molar-refractivity contribution in [2.45, 2.75) is 12.1 Å². The Morgan fingerprint density at radius 2 is 1.82 bits per heavy atom. The van der Waals surface area contributed by atoms with Crippen LogP contribution >= 0.6 is 27.7 Å². The molecule has 172 valence electrons. The Hall–Kier alpha value is -3.43. The topological polar surface area (TPSA) is 81.4 Å². The molecule has 1 amide bonds. The largest absolute Gasteiger partial charge is 0.497 e. The van der Waals surface area contributed by atoms with Crippen molar-refractivity contribution in [2.75, 3.05) is 12.9 Å². The molecule has 0 unspecified atom stereocenters. The van der Waals surface area contributed by atoms with Crippen molar-refractivity contribution in [2.24, 2.45) is 5.10 Å². The molecule has 0 bridgehead atoms. The van der Waals surface area contributed by atoms with E-state index in [0.717, 1.165) is 27.0 Å². The number of amides is 1. The summed E-state index contributed by atoms with van der Waals surface area (Å²) in [4.78, 5) is 12.5. The second-order valence-electron chi connectivity index (χ2n) is 7.24. The highest BCUT2D eigenvalue weighted by Gasteiger charge is 2.17. The highest BCUT2D eigenvalue weighted by atomic mass is 79.9. The average Bonchev–Trinajstić information content (AvgIpc) is 3.30. The number of hydrazone groups is 1. The number of thioether (sulfide) groups is 1. The van der Waals surface area contributed by atoms with Crippen LogP contribution in [0.1, 0.15) is 12.5 Å². The number of carbonyl (C=O) groups is 1. The average molecular weight is 536 g/mol. The van der Waals surface area contributed by atoms with Gasteiger partial charge >= 0.3 is 0 Å². The van der Waals surface area contributed by atoms with Gasteiger partial charge in [0.2, 0.25) is 0 Å². The maximum Gasteiger partial charge on any atom is 0.250 e. The van der Waals surface area contributed by atoms with Crippen molar-refractivity contribution < 1.29 is 9.53 Å². The molecule has 1 heterocycles. The maximum atomic E-state index is 12.5. The molecule has 1 aromatic heterocycles. The summed E-state index contributed by atoms with van der Waals surface area (Å²) in [7, 11) is 1.63. The van der Waals surface area contributed by atoms with Gasteiger partial charge < -0.3 is 4.74 Å². The van der Waals surface area contributed by atoms with Gasteiger partial charge in [-0.2, -0.15) is 5.10 Å². The lowest BCUT2D eigenvalue weighted by Crippen LogP contribution is -2.21. The van der Waals surface area contributed by atoms with Crippen molar-refractivity contribution in [1.82, 2.24) is 20.2 Å². The first-order valence-corrected chi connectivity index (χ1v) is 12.2. The Morgan fingerprint density at radius 3 is 2.53 bits per heavy atom. The molecule has 0 aliphatic heterocycles. The molecule has 0 aliphatic carbocycles. The molecule has 0 spiro atoms. The number of halogens is 1. The van der Waals surface area contributed by atoms with E-state index in [1.54, 1.807) is 7.11 Å². The molecule has 0 saturated heterocycles. The standard InChI is InChI=1S/C25H22BrN5O2S/c1-17(19-7-6-8-20(26)15-19)27-28-23(32)16-34-25-30-29-24(18-11-13-22(33-2)14-12-18)31(25)21-9-4-3-5-10-21/h3-15H,16H2,1-2H3,(H,28,32)/b27-17+. The highest BCUT2D eigenvalue weighted by Crippen LogP contribution is 2.29. The summed E-state index contributed by atoms with van der Waals surface area (Å²) >= 11 is 4.74. The van der Waals surface area contributed by atoms with Crippen LogP contribution in [-0.2, 0) is 4.79 Å². The summed E-state index contributed by atoms with van der Waals surface area (Å²) in [5.41, 5.74) is 6.06. The molecule has 0 saturated carbocycles. The lowest BCUT2D eigenvalue weighted by atomic mass is 10.1. The lowest BCUT2D eigenvalue weighted by molar-refractivity contribution is -0.118. The number of para-hydroxylation sites is 1. The number of hydrogen-bond acceptors (Lipinski definition) is 6. The summed E-state index contributed by atoms with van der Waals surface area (Å²) in [6.07, 6.45) is 0. The molecule has 4 aromatic rings. The third kappa shape index (κ3) is 5.73. The number of aromatic nitrogens is 3. The van der Waals surface area contributed by atoms with E-state index in [4.69, 9.17) is 4.74 Å². The predicted octanol–water partition coefficient (Wildman–Crippen LogP) is 5.34. The van der Waals surface area contributed by atoms with Crippen LogP contribution in [0.4, 0.5) is 0 Å². The number of rotatable bonds is 8. The van der Waals surface area contributed by atoms with Crippen LogP contribution in [0.15, 0.2) is 93.6 Å². The van der Waals surface area contributed by atoms with Gasteiger partial charge in [0.1, 0.15) is 5.75 Å². The quantitative estimate of drug-likeness (QED) is 0.187. The first-order chi connectivity index (χ1) is 16.5. The molecule has 4 rings (SSSR count). The van der Waals surface area contributed by atoms with Crippen molar-refractivity contribution >= 4 is 39.3 Å². The molecule has 0 aliphatic rings. The summed E-state index contributed by atoms with van der Waals surface area (Å²) in [6.45, 7) is 1.85. The van der Waals surface area contributed by atoms with Crippen LogP contribution in [0.5, 0.6) is 5.75 Å². The predicted molar refractivity (Wildman–Crippen MR) is 139 cm³/mol. The lowest BCUT2D eigenvalue weighted by Gasteiger charge is -2.10. The van der Waals surface area contributed by atoms with Gasteiger partial charge in [-0.3, -0.25) is 9.36 Å². The minimum atomic E-state index is -0.229. The van der Waals surface area contributed by atoms with E-state index in [1.165, 1.54) is 11.8 Å². The number of nitrogens with zero attached hydrogens (tertiary/aromatic N) is 4. The fourth-order valence-corrected chi connectivity index (χ4v) is 4.33. The molecule has 0 atom stereocenters. The SMILES string of the molecule is COc1ccc(-c2nnc(SCC(=O)N/N=C(\C)c3cccc(Br)c3)n2-c2ccccc2)cc1. The van der Waals surface area contributed by atoms with Gasteiger partial charge in [-0.15, -0.1) is 10.2 Å². The Labute approximate surface area is 210 Å². The third-order valence-electron chi connectivity index (χ3n) is 4.92. The Bertz CT molecular complexity index is 1310. The van der Waals surface area contributed by atoms with Gasteiger partial charge in [-0.05, 0) is 61.0 Å². The summed E-state index contributed by atoms with van der Waals surface area (Å²) in [5, 5.41) is 13.6. The number of nitrogens with one attached hydrogen (secondary N) is 1. The van der Waals surface area contributed by atoms with Crippen molar-refractivity contribution in [3.63, 3.8) is 0 Å². The van der Waals surface area contributed by atoms with Crippen molar-refractivity contribution in [3.8, 4) is 22.8 Å². The second-order valence-corrected chi connectivity index (χ2v) is 9.10. The molecule has 9 heteroatoms. The number of benzene rings is 3. The summed E-state index contributed by atoms with van der Waals surface area (Å²) in [5.74, 6) is 1.36. The molecular formula is C25H22BrN5O2S. The Balaban J connectivity index is 1.52. The molecule has 0 radical (unpaired) electrons. The number of methoxy groups -OCH3 is 1. The summed E-state index contributed by atoms with van der Waals surface area (Å²) < 4.78 is 8.15. The molecule has 3 aromatic carbocycles. The van der Waals surface area contributed by atoms with Crippen LogP contribution in [0.25, 0.3) is 17.1 Å². The monoisotopic (exact) mass is 535 g/mol.